The molecule has 0 aromatic heterocycles. The second kappa shape index (κ2) is 5.98. The van der Waals surface area contributed by atoms with Gasteiger partial charge in [0.2, 0.25) is 0 Å². The number of benzene rings is 3. The van der Waals surface area contributed by atoms with Gasteiger partial charge in [-0.15, -0.1) is 0 Å². The summed E-state index contributed by atoms with van der Waals surface area (Å²) in [4.78, 5) is 0. The number of hydrogen-bond acceptors (Lipinski definition) is 2. The van der Waals surface area contributed by atoms with E-state index in [1.165, 1.54) is 0 Å². The van der Waals surface area contributed by atoms with Crippen LogP contribution in [0.3, 0.4) is 0 Å². The molecule has 0 aliphatic heterocycles. The maximum Gasteiger partial charge on any atom is 0.135 e. The summed E-state index contributed by atoms with van der Waals surface area (Å²) < 4.78 is 5.98. The quantitative estimate of drug-likeness (QED) is 0.721. The summed E-state index contributed by atoms with van der Waals surface area (Å²) in [5, 5.41) is 12.1. The van der Waals surface area contributed by atoms with Crippen LogP contribution in [0.25, 0.3) is 10.8 Å². The number of aliphatic hydroxyl groups excluding tert-OH is 1. The van der Waals surface area contributed by atoms with E-state index in [4.69, 9.17) is 4.74 Å². The van der Waals surface area contributed by atoms with Crippen LogP contribution in [0.4, 0.5) is 0 Å². The Balaban J connectivity index is 1.88. The number of hydrogen-bond donors (Lipinski definition) is 1. The van der Waals surface area contributed by atoms with Gasteiger partial charge in [0.05, 0.1) is 6.10 Å². The Kier molecular flexibility index (Phi) is 3.89. The van der Waals surface area contributed by atoms with Crippen molar-refractivity contribution in [3.8, 4) is 11.5 Å². The molecule has 3 aromatic carbocycles. The lowest BCUT2D eigenvalue weighted by molar-refractivity contribution is 0.173. The molecule has 0 saturated carbocycles. The Labute approximate surface area is 124 Å². The second-order valence-corrected chi connectivity index (χ2v) is 5.07. The molecule has 0 radical (unpaired) electrons. The highest BCUT2D eigenvalue weighted by Gasteiger charge is 2.06. The minimum atomic E-state index is -0.406. The fraction of sp³-hybridized carbons (Fsp3) is 0.158. The molecule has 3 rings (SSSR count). The van der Waals surface area contributed by atoms with Crippen molar-refractivity contribution in [2.45, 2.75) is 19.4 Å². The fourth-order valence-corrected chi connectivity index (χ4v) is 2.41. The lowest BCUT2D eigenvalue weighted by Crippen LogP contribution is -1.94. The van der Waals surface area contributed by atoms with Crippen molar-refractivity contribution in [1.82, 2.24) is 0 Å². The zero-order valence-corrected chi connectivity index (χ0v) is 12.0. The first-order valence-electron chi connectivity index (χ1n) is 7.21. The van der Waals surface area contributed by atoms with Crippen molar-refractivity contribution in [3.05, 3.63) is 72.3 Å². The predicted octanol–water partition coefficient (Wildman–Crippen LogP) is 5.08. The van der Waals surface area contributed by atoms with Crippen LogP contribution >= 0.6 is 0 Å². The standard InChI is InChI=1S/C19H18O2/c1-2-18(20)15-10-12-16(13-11-15)21-19-9-5-7-14-6-3-4-8-17(14)19/h3-13,18,20H,2H2,1H3. The van der Waals surface area contributed by atoms with Gasteiger partial charge in [-0.25, -0.2) is 0 Å². The molecule has 0 amide bonds. The van der Waals surface area contributed by atoms with Crippen LogP contribution in [0.2, 0.25) is 0 Å². The predicted molar refractivity (Wildman–Crippen MR) is 85.7 cm³/mol. The second-order valence-electron chi connectivity index (χ2n) is 5.07. The number of fused-ring (bicyclic) bond motifs is 1. The van der Waals surface area contributed by atoms with Gasteiger partial charge in [-0.3, -0.25) is 0 Å². The largest absolute Gasteiger partial charge is 0.457 e. The smallest absolute Gasteiger partial charge is 0.135 e. The lowest BCUT2D eigenvalue weighted by Gasteiger charge is -2.11. The maximum atomic E-state index is 9.81. The molecular weight excluding hydrogens is 260 g/mol. The molecule has 0 aliphatic carbocycles. The van der Waals surface area contributed by atoms with Crippen LogP contribution in [0.15, 0.2) is 66.7 Å². The van der Waals surface area contributed by atoms with Crippen molar-refractivity contribution >= 4 is 10.8 Å². The van der Waals surface area contributed by atoms with E-state index in [0.717, 1.165) is 27.8 Å². The van der Waals surface area contributed by atoms with Gasteiger partial charge in [-0.1, -0.05) is 55.5 Å². The molecule has 106 valence electrons. The zero-order valence-electron chi connectivity index (χ0n) is 12.0. The van der Waals surface area contributed by atoms with Crippen LogP contribution < -0.4 is 4.74 Å². The Hall–Kier alpha value is -2.32. The van der Waals surface area contributed by atoms with E-state index in [2.05, 4.69) is 18.2 Å². The average molecular weight is 278 g/mol. The van der Waals surface area contributed by atoms with E-state index in [1.807, 2.05) is 55.5 Å². The van der Waals surface area contributed by atoms with Crippen LogP contribution in [-0.4, -0.2) is 5.11 Å². The summed E-state index contributed by atoms with van der Waals surface area (Å²) in [6.45, 7) is 1.96. The first-order valence-corrected chi connectivity index (χ1v) is 7.21. The lowest BCUT2D eigenvalue weighted by atomic mass is 10.1. The van der Waals surface area contributed by atoms with Crippen LogP contribution in [0, 0.1) is 0 Å². The first-order chi connectivity index (χ1) is 10.3. The van der Waals surface area contributed by atoms with Gasteiger partial charge in [0.1, 0.15) is 11.5 Å². The minimum Gasteiger partial charge on any atom is -0.457 e. The average Bonchev–Trinajstić information content (AvgIpc) is 2.55. The molecule has 0 spiro atoms. The molecule has 0 fully saturated rings. The van der Waals surface area contributed by atoms with Crippen molar-refractivity contribution in [1.29, 1.82) is 0 Å². The molecule has 2 nitrogen and oxygen atoms in total. The summed E-state index contributed by atoms with van der Waals surface area (Å²) in [5.41, 5.74) is 0.919. The normalized spacial score (nSPS) is 12.3. The molecule has 21 heavy (non-hydrogen) atoms. The van der Waals surface area contributed by atoms with E-state index in [9.17, 15) is 5.11 Å². The van der Waals surface area contributed by atoms with Gasteiger partial charge in [0.15, 0.2) is 0 Å². The van der Waals surface area contributed by atoms with E-state index in [1.54, 1.807) is 0 Å². The highest BCUT2D eigenvalue weighted by molar-refractivity contribution is 5.88. The van der Waals surface area contributed by atoms with Crippen molar-refractivity contribution in [2.75, 3.05) is 0 Å². The summed E-state index contributed by atoms with van der Waals surface area (Å²) in [5.74, 6) is 1.62. The molecule has 0 bridgehead atoms. The summed E-state index contributed by atoms with van der Waals surface area (Å²) in [6.07, 6.45) is 0.306. The molecule has 1 N–H and O–H groups in total. The van der Waals surface area contributed by atoms with E-state index >= 15 is 0 Å². The van der Waals surface area contributed by atoms with E-state index < -0.39 is 6.10 Å². The summed E-state index contributed by atoms with van der Waals surface area (Å²) in [6, 6.07) is 21.8. The van der Waals surface area contributed by atoms with Crippen molar-refractivity contribution in [3.63, 3.8) is 0 Å². The topological polar surface area (TPSA) is 29.5 Å². The molecule has 0 heterocycles. The summed E-state index contributed by atoms with van der Waals surface area (Å²) in [7, 11) is 0. The highest BCUT2D eigenvalue weighted by atomic mass is 16.5. The van der Waals surface area contributed by atoms with E-state index in [0.29, 0.717) is 6.42 Å². The molecular formula is C19H18O2. The number of rotatable bonds is 4. The molecule has 0 saturated heterocycles. The molecule has 1 unspecified atom stereocenters. The van der Waals surface area contributed by atoms with Gasteiger partial charge in [-0.2, -0.15) is 0 Å². The SMILES string of the molecule is CCC(O)c1ccc(Oc2cccc3ccccc23)cc1. The molecule has 1 atom stereocenters. The number of aliphatic hydroxyl groups is 1. The van der Waals surface area contributed by atoms with Gasteiger partial charge >= 0.3 is 0 Å². The Morgan fingerprint density at radius 2 is 1.62 bits per heavy atom. The summed E-state index contributed by atoms with van der Waals surface area (Å²) >= 11 is 0. The third kappa shape index (κ3) is 2.91. The third-order valence-electron chi connectivity index (χ3n) is 3.63. The van der Waals surface area contributed by atoms with Gasteiger partial charge in [0, 0.05) is 5.39 Å². The molecule has 2 heteroatoms. The van der Waals surface area contributed by atoms with Crippen LogP contribution in [0.1, 0.15) is 25.0 Å². The monoisotopic (exact) mass is 278 g/mol. The van der Waals surface area contributed by atoms with Gasteiger partial charge in [0.25, 0.3) is 0 Å². The Bertz CT molecular complexity index is 727. The Morgan fingerprint density at radius 3 is 2.38 bits per heavy atom. The zero-order chi connectivity index (χ0) is 14.7. The maximum absolute atomic E-state index is 9.81. The fourth-order valence-electron chi connectivity index (χ4n) is 2.41. The van der Waals surface area contributed by atoms with Gasteiger partial charge < -0.3 is 9.84 Å². The van der Waals surface area contributed by atoms with Gasteiger partial charge in [-0.05, 0) is 35.6 Å². The minimum absolute atomic E-state index is 0.406. The van der Waals surface area contributed by atoms with Crippen LogP contribution in [-0.2, 0) is 0 Å². The van der Waals surface area contributed by atoms with Crippen LogP contribution in [0.5, 0.6) is 11.5 Å². The third-order valence-corrected chi connectivity index (χ3v) is 3.63. The molecule has 3 aromatic rings. The highest BCUT2D eigenvalue weighted by Crippen LogP contribution is 2.30. The Morgan fingerprint density at radius 1 is 0.905 bits per heavy atom. The van der Waals surface area contributed by atoms with Crippen molar-refractivity contribution < 1.29 is 9.84 Å². The van der Waals surface area contributed by atoms with E-state index in [-0.39, 0.29) is 0 Å². The molecule has 0 aliphatic rings. The first kappa shape index (κ1) is 13.7. The number of ether oxygens (including phenoxy) is 1. The van der Waals surface area contributed by atoms with Crippen molar-refractivity contribution in [2.24, 2.45) is 0 Å².